The maximum atomic E-state index is 11.6. The smallest absolute Gasteiger partial charge is 0.307 e. The second-order valence-electron chi connectivity index (χ2n) is 5.69. The topological polar surface area (TPSA) is 46.5 Å². The van der Waals surface area contributed by atoms with E-state index in [4.69, 9.17) is 4.74 Å². The number of hydrogen-bond acceptors (Lipinski definition) is 2. The quantitative estimate of drug-likeness (QED) is 0.923. The van der Waals surface area contributed by atoms with Crippen LogP contribution in [-0.4, -0.2) is 18.2 Å². The van der Waals surface area contributed by atoms with Gasteiger partial charge >= 0.3 is 5.97 Å². The van der Waals surface area contributed by atoms with Crippen LogP contribution in [0.1, 0.15) is 36.8 Å². The van der Waals surface area contributed by atoms with Crippen molar-refractivity contribution < 1.29 is 14.6 Å². The molecule has 3 heteroatoms. The highest BCUT2D eigenvalue weighted by atomic mass is 16.5. The molecule has 0 spiro atoms. The van der Waals surface area contributed by atoms with Gasteiger partial charge in [-0.3, -0.25) is 4.79 Å². The number of benzene rings is 2. The number of ether oxygens (including phenoxy) is 1. The fraction of sp³-hybridized carbons (Fsp3) is 0.389. The fourth-order valence-corrected chi connectivity index (χ4v) is 3.72. The van der Waals surface area contributed by atoms with E-state index < -0.39 is 5.97 Å². The van der Waals surface area contributed by atoms with Gasteiger partial charge in [0.1, 0.15) is 5.75 Å². The fourth-order valence-electron chi connectivity index (χ4n) is 3.72. The van der Waals surface area contributed by atoms with Gasteiger partial charge in [0.2, 0.25) is 0 Å². The molecule has 1 aliphatic carbocycles. The maximum Gasteiger partial charge on any atom is 0.307 e. The summed E-state index contributed by atoms with van der Waals surface area (Å²) < 4.78 is 5.49. The van der Waals surface area contributed by atoms with Crippen molar-refractivity contribution in [3.63, 3.8) is 0 Å². The molecule has 3 nitrogen and oxygen atoms in total. The van der Waals surface area contributed by atoms with E-state index in [1.165, 1.54) is 21.9 Å². The summed E-state index contributed by atoms with van der Waals surface area (Å²) >= 11 is 0. The van der Waals surface area contributed by atoms with Crippen LogP contribution < -0.4 is 4.74 Å². The normalized spacial score (nSPS) is 18.5. The van der Waals surface area contributed by atoms with Gasteiger partial charge in [-0.05, 0) is 47.6 Å². The van der Waals surface area contributed by atoms with Gasteiger partial charge in [0, 0.05) is 5.56 Å². The highest BCUT2D eigenvalue weighted by molar-refractivity contribution is 5.92. The minimum atomic E-state index is -0.689. The van der Waals surface area contributed by atoms with Gasteiger partial charge < -0.3 is 9.84 Å². The van der Waals surface area contributed by atoms with E-state index in [9.17, 15) is 9.90 Å². The molecule has 2 unspecified atom stereocenters. The highest BCUT2D eigenvalue weighted by Gasteiger charge is 2.32. The predicted octanol–water partition coefficient (Wildman–Crippen LogP) is 3.99. The Morgan fingerprint density at radius 2 is 2.19 bits per heavy atom. The van der Waals surface area contributed by atoms with Crippen molar-refractivity contribution >= 4 is 16.7 Å². The van der Waals surface area contributed by atoms with Crippen LogP contribution in [-0.2, 0) is 11.2 Å². The van der Waals surface area contributed by atoms with E-state index in [0.29, 0.717) is 6.42 Å². The van der Waals surface area contributed by atoms with Gasteiger partial charge in [0.05, 0.1) is 13.0 Å². The number of rotatable bonds is 4. The van der Waals surface area contributed by atoms with E-state index in [2.05, 4.69) is 18.2 Å². The largest absolute Gasteiger partial charge is 0.496 e. The summed E-state index contributed by atoms with van der Waals surface area (Å²) in [5.74, 6) is 0.00776. The van der Waals surface area contributed by atoms with Gasteiger partial charge in [-0.1, -0.05) is 31.2 Å². The van der Waals surface area contributed by atoms with E-state index in [1.807, 2.05) is 19.1 Å². The Hall–Kier alpha value is -2.03. The first-order chi connectivity index (χ1) is 10.2. The van der Waals surface area contributed by atoms with Crippen LogP contribution in [0.3, 0.4) is 0 Å². The molecule has 1 aliphatic rings. The summed E-state index contributed by atoms with van der Waals surface area (Å²) in [6.45, 7) is 1.96. The number of hydrogen-bond donors (Lipinski definition) is 1. The average Bonchev–Trinajstić information content (AvgIpc) is 2.50. The molecule has 1 N–H and O–H groups in total. The summed E-state index contributed by atoms with van der Waals surface area (Å²) in [6, 6.07) is 10.3. The third-order valence-electron chi connectivity index (χ3n) is 4.71. The van der Waals surface area contributed by atoms with Crippen molar-refractivity contribution in [3.8, 4) is 5.75 Å². The van der Waals surface area contributed by atoms with E-state index in [0.717, 1.165) is 18.6 Å². The Bertz CT molecular complexity index is 690. The molecule has 21 heavy (non-hydrogen) atoms. The molecule has 0 aliphatic heterocycles. The van der Waals surface area contributed by atoms with Crippen LogP contribution in [0.2, 0.25) is 0 Å². The first-order valence-electron chi connectivity index (χ1n) is 7.48. The molecule has 0 bridgehead atoms. The standard InChI is InChI=1S/C18H20O3/c1-3-12(18(19)20)13-8-9-15-16(21-2)10-7-11-5-4-6-14(13)17(11)15/h4-7,10,12-13H,3,8-9H2,1-2H3,(H,19,20). The second kappa shape index (κ2) is 5.40. The average molecular weight is 284 g/mol. The van der Waals surface area contributed by atoms with Crippen molar-refractivity contribution in [2.75, 3.05) is 7.11 Å². The zero-order valence-electron chi connectivity index (χ0n) is 12.4. The molecule has 2 atom stereocenters. The van der Waals surface area contributed by atoms with Crippen LogP contribution in [0.15, 0.2) is 30.3 Å². The molecule has 0 heterocycles. The lowest BCUT2D eigenvalue weighted by Crippen LogP contribution is -2.24. The monoisotopic (exact) mass is 284 g/mol. The maximum absolute atomic E-state index is 11.6. The van der Waals surface area contributed by atoms with Crippen molar-refractivity contribution in [1.29, 1.82) is 0 Å². The Balaban J connectivity index is 2.22. The minimum Gasteiger partial charge on any atom is -0.496 e. The number of methoxy groups -OCH3 is 1. The van der Waals surface area contributed by atoms with Crippen LogP contribution in [0, 0.1) is 5.92 Å². The molecule has 3 rings (SSSR count). The van der Waals surface area contributed by atoms with Crippen LogP contribution in [0.25, 0.3) is 10.8 Å². The Kier molecular flexibility index (Phi) is 3.58. The molecule has 110 valence electrons. The third kappa shape index (κ3) is 2.17. The summed E-state index contributed by atoms with van der Waals surface area (Å²) in [6.07, 6.45) is 2.42. The lowest BCUT2D eigenvalue weighted by atomic mass is 9.74. The Labute approximate surface area is 124 Å². The summed E-state index contributed by atoms with van der Waals surface area (Å²) in [4.78, 5) is 11.6. The highest BCUT2D eigenvalue weighted by Crippen LogP contribution is 2.44. The number of carboxylic acids is 1. The van der Waals surface area contributed by atoms with Crippen LogP contribution in [0.5, 0.6) is 5.75 Å². The third-order valence-corrected chi connectivity index (χ3v) is 4.71. The van der Waals surface area contributed by atoms with Crippen molar-refractivity contribution in [2.24, 2.45) is 5.92 Å². The molecule has 0 fully saturated rings. The number of aliphatic carboxylic acids is 1. The van der Waals surface area contributed by atoms with Crippen molar-refractivity contribution in [3.05, 3.63) is 41.5 Å². The molecule has 2 aromatic rings. The van der Waals surface area contributed by atoms with Gasteiger partial charge in [-0.25, -0.2) is 0 Å². The SMILES string of the molecule is CCC(C(=O)O)C1CCc2c(OC)ccc3cccc1c23. The van der Waals surface area contributed by atoms with Gasteiger partial charge in [0.15, 0.2) is 0 Å². The first kappa shape index (κ1) is 13.9. The molecular formula is C18H20O3. The molecule has 0 radical (unpaired) electrons. The minimum absolute atomic E-state index is 0.0933. The predicted molar refractivity (Wildman–Crippen MR) is 83.0 cm³/mol. The molecule has 0 amide bonds. The van der Waals surface area contributed by atoms with Gasteiger partial charge in [-0.2, -0.15) is 0 Å². The zero-order valence-corrected chi connectivity index (χ0v) is 12.4. The van der Waals surface area contributed by atoms with E-state index in [-0.39, 0.29) is 11.8 Å². The zero-order chi connectivity index (χ0) is 15.0. The number of aryl methyl sites for hydroxylation is 1. The van der Waals surface area contributed by atoms with Crippen LogP contribution in [0.4, 0.5) is 0 Å². The van der Waals surface area contributed by atoms with Crippen molar-refractivity contribution in [1.82, 2.24) is 0 Å². The summed E-state index contributed by atoms with van der Waals surface area (Å²) in [5.41, 5.74) is 2.39. The molecule has 0 saturated heterocycles. The van der Waals surface area contributed by atoms with Crippen molar-refractivity contribution in [2.45, 2.75) is 32.1 Å². The summed E-state index contributed by atoms with van der Waals surface area (Å²) in [5, 5.41) is 11.9. The lowest BCUT2D eigenvalue weighted by Gasteiger charge is -2.30. The Morgan fingerprint density at radius 3 is 2.86 bits per heavy atom. The number of carboxylic acid groups (broad SMARTS) is 1. The Morgan fingerprint density at radius 1 is 1.38 bits per heavy atom. The molecule has 0 aromatic heterocycles. The molecular weight excluding hydrogens is 264 g/mol. The second-order valence-corrected chi connectivity index (χ2v) is 5.69. The lowest BCUT2D eigenvalue weighted by molar-refractivity contribution is -0.142. The van der Waals surface area contributed by atoms with Gasteiger partial charge in [-0.15, -0.1) is 0 Å². The van der Waals surface area contributed by atoms with E-state index >= 15 is 0 Å². The number of carbonyl (C=O) groups is 1. The van der Waals surface area contributed by atoms with Crippen LogP contribution >= 0.6 is 0 Å². The van der Waals surface area contributed by atoms with Gasteiger partial charge in [0.25, 0.3) is 0 Å². The molecule has 2 aromatic carbocycles. The molecule has 0 saturated carbocycles. The van der Waals surface area contributed by atoms with E-state index in [1.54, 1.807) is 7.11 Å². The first-order valence-corrected chi connectivity index (χ1v) is 7.48. The summed E-state index contributed by atoms with van der Waals surface area (Å²) in [7, 11) is 1.69.